The number of aliphatic hydroxyl groups is 2. The molecule has 3 aromatic carbocycles. The predicted molar refractivity (Wildman–Crippen MR) is 128 cm³/mol. The average molecular weight is 470 g/mol. The summed E-state index contributed by atoms with van der Waals surface area (Å²) in [6, 6.07) is 19.3. The molecule has 34 heavy (non-hydrogen) atoms. The van der Waals surface area contributed by atoms with E-state index >= 15 is 0 Å². The van der Waals surface area contributed by atoms with Crippen LogP contribution in [-0.2, 0) is 35.7 Å². The van der Waals surface area contributed by atoms with Gasteiger partial charge in [0.05, 0.1) is 39.1 Å². The summed E-state index contributed by atoms with van der Waals surface area (Å²) in [6.45, 7) is 2.51. The van der Waals surface area contributed by atoms with Gasteiger partial charge in [-0.2, -0.15) is 0 Å². The van der Waals surface area contributed by atoms with Crippen LogP contribution in [0.4, 0.5) is 4.39 Å². The number of ether oxygens (including phenoxy) is 2. The van der Waals surface area contributed by atoms with Crippen LogP contribution in [0.5, 0.6) is 5.75 Å². The van der Waals surface area contributed by atoms with Gasteiger partial charge in [0.25, 0.3) is 0 Å². The Bertz CT molecular complexity index is 1030. The molecule has 4 N–H and O–H groups in total. The molecule has 0 aliphatic carbocycles. The topological polar surface area (TPSA) is 91.2 Å². The Labute approximate surface area is 199 Å². The molecule has 6 nitrogen and oxygen atoms in total. The smallest absolute Gasteiger partial charge is 0.123 e. The third-order valence-corrected chi connectivity index (χ3v) is 5.38. The fraction of sp³-hybridized carbons (Fsp3) is 0.333. The van der Waals surface area contributed by atoms with Crippen molar-refractivity contribution in [1.82, 2.24) is 5.32 Å². The lowest BCUT2D eigenvalue weighted by Gasteiger charge is -2.14. The molecule has 0 fully saturated rings. The Kier molecular flexibility index (Phi) is 10.5. The first-order valence-electron chi connectivity index (χ1n) is 11.3. The van der Waals surface area contributed by atoms with Gasteiger partial charge in [0.1, 0.15) is 11.6 Å². The summed E-state index contributed by atoms with van der Waals surface area (Å²) in [5.74, 6) is -0.246. The quantitative estimate of drug-likeness (QED) is 0.270. The third-order valence-electron chi connectivity index (χ3n) is 5.38. The van der Waals surface area contributed by atoms with Crippen molar-refractivity contribution < 1.29 is 29.2 Å². The lowest BCUT2D eigenvalue weighted by Crippen LogP contribution is -2.23. The van der Waals surface area contributed by atoms with Crippen LogP contribution in [0.2, 0.25) is 0 Å². The minimum absolute atomic E-state index is 0.0201. The van der Waals surface area contributed by atoms with E-state index in [0.717, 1.165) is 23.1 Å². The van der Waals surface area contributed by atoms with Crippen molar-refractivity contribution in [3.05, 3.63) is 100 Å². The minimum atomic E-state index is -0.728. The van der Waals surface area contributed by atoms with E-state index in [1.165, 1.54) is 18.2 Å². The number of halogens is 1. The number of aliphatic hydroxyl groups excluding tert-OH is 2. The second kappa shape index (κ2) is 13.8. The number of hydrogen-bond acceptors (Lipinski definition) is 6. The summed E-state index contributed by atoms with van der Waals surface area (Å²) in [6.07, 6.45) is 0.0724. The van der Waals surface area contributed by atoms with E-state index in [1.807, 2.05) is 18.2 Å². The molecule has 0 bridgehead atoms. The molecular formula is C27H32FNO5. The van der Waals surface area contributed by atoms with E-state index < -0.39 is 6.10 Å². The standard InChI is InChI=1S/C27H32FNO5/c28-25-6-2-5-22(14-25)19-34-12-11-33-18-21-4-1-3-20(13-21)9-10-29-16-27(32)23-7-8-26(31)24(15-23)17-30/h1-8,13-15,27,29-32H,9-12,16-19H2. The normalized spacial score (nSPS) is 12.1. The Balaban J connectivity index is 1.32. The Morgan fingerprint density at radius 1 is 0.853 bits per heavy atom. The molecule has 7 heteroatoms. The molecule has 0 aromatic heterocycles. The second-order valence-electron chi connectivity index (χ2n) is 8.07. The first-order valence-corrected chi connectivity index (χ1v) is 11.3. The van der Waals surface area contributed by atoms with Crippen molar-refractivity contribution in [2.45, 2.75) is 32.3 Å². The van der Waals surface area contributed by atoms with Crippen molar-refractivity contribution in [2.75, 3.05) is 26.3 Å². The van der Waals surface area contributed by atoms with Gasteiger partial charge < -0.3 is 30.1 Å². The largest absolute Gasteiger partial charge is 0.508 e. The highest BCUT2D eigenvalue weighted by Gasteiger charge is 2.10. The van der Waals surface area contributed by atoms with Crippen molar-refractivity contribution >= 4 is 0 Å². The van der Waals surface area contributed by atoms with Gasteiger partial charge in [-0.1, -0.05) is 42.5 Å². The van der Waals surface area contributed by atoms with Crippen LogP contribution in [0.3, 0.4) is 0 Å². The highest BCUT2D eigenvalue weighted by molar-refractivity contribution is 5.36. The van der Waals surface area contributed by atoms with E-state index in [9.17, 15) is 19.7 Å². The number of phenols is 1. The van der Waals surface area contributed by atoms with E-state index in [-0.39, 0.29) is 18.2 Å². The van der Waals surface area contributed by atoms with E-state index in [2.05, 4.69) is 17.4 Å². The van der Waals surface area contributed by atoms with Crippen LogP contribution in [0.25, 0.3) is 0 Å². The molecule has 0 heterocycles. The predicted octanol–water partition coefficient (Wildman–Crippen LogP) is 3.62. The molecule has 0 saturated carbocycles. The minimum Gasteiger partial charge on any atom is -0.508 e. The maximum Gasteiger partial charge on any atom is 0.123 e. The van der Waals surface area contributed by atoms with Crippen LogP contribution < -0.4 is 5.32 Å². The molecule has 0 radical (unpaired) electrons. The SMILES string of the molecule is OCc1cc(C(O)CNCCc2cccc(COCCOCc3cccc(F)c3)c2)ccc1O. The van der Waals surface area contributed by atoms with Crippen LogP contribution in [0.1, 0.15) is 33.9 Å². The number of hydrogen-bond donors (Lipinski definition) is 4. The molecule has 3 aromatic rings. The van der Waals surface area contributed by atoms with Crippen LogP contribution in [0.15, 0.2) is 66.7 Å². The highest BCUT2D eigenvalue weighted by atomic mass is 19.1. The molecule has 3 rings (SSSR count). The molecule has 1 atom stereocenters. The molecule has 182 valence electrons. The molecule has 0 amide bonds. The lowest BCUT2D eigenvalue weighted by atomic mass is 10.0. The number of aromatic hydroxyl groups is 1. The zero-order chi connectivity index (χ0) is 24.2. The average Bonchev–Trinajstić information content (AvgIpc) is 2.84. The summed E-state index contributed by atoms with van der Waals surface area (Å²) in [5.41, 5.74) is 4.08. The van der Waals surface area contributed by atoms with E-state index in [4.69, 9.17) is 9.47 Å². The van der Waals surface area contributed by atoms with Gasteiger partial charge in [0, 0.05) is 12.1 Å². The number of benzene rings is 3. The fourth-order valence-electron chi connectivity index (χ4n) is 3.53. The maximum absolute atomic E-state index is 13.1. The van der Waals surface area contributed by atoms with Crippen LogP contribution in [0, 0.1) is 5.82 Å². The molecule has 0 aliphatic rings. The molecular weight excluding hydrogens is 437 g/mol. The van der Waals surface area contributed by atoms with Crippen molar-refractivity contribution in [1.29, 1.82) is 0 Å². The van der Waals surface area contributed by atoms with E-state index in [1.54, 1.807) is 18.2 Å². The molecule has 1 unspecified atom stereocenters. The first kappa shape index (κ1) is 25.8. The maximum atomic E-state index is 13.1. The number of rotatable bonds is 14. The zero-order valence-corrected chi connectivity index (χ0v) is 19.1. The number of nitrogens with one attached hydrogen (secondary N) is 1. The van der Waals surface area contributed by atoms with Gasteiger partial charge >= 0.3 is 0 Å². The summed E-state index contributed by atoms with van der Waals surface area (Å²) in [4.78, 5) is 0. The van der Waals surface area contributed by atoms with Crippen LogP contribution in [-0.4, -0.2) is 41.6 Å². The lowest BCUT2D eigenvalue weighted by molar-refractivity contribution is 0.0338. The summed E-state index contributed by atoms with van der Waals surface area (Å²) in [7, 11) is 0. The second-order valence-corrected chi connectivity index (χ2v) is 8.07. The van der Waals surface area contributed by atoms with Crippen molar-refractivity contribution in [3.8, 4) is 5.75 Å². The summed E-state index contributed by atoms with van der Waals surface area (Å²) >= 11 is 0. The summed E-state index contributed by atoms with van der Waals surface area (Å²) < 4.78 is 24.4. The zero-order valence-electron chi connectivity index (χ0n) is 19.1. The van der Waals surface area contributed by atoms with Crippen LogP contribution >= 0.6 is 0 Å². The fourth-order valence-corrected chi connectivity index (χ4v) is 3.53. The monoisotopic (exact) mass is 469 g/mol. The summed E-state index contributed by atoms with van der Waals surface area (Å²) in [5, 5.41) is 32.5. The molecule has 0 spiro atoms. The highest BCUT2D eigenvalue weighted by Crippen LogP contribution is 2.22. The van der Waals surface area contributed by atoms with E-state index in [0.29, 0.717) is 50.6 Å². The van der Waals surface area contributed by atoms with Gasteiger partial charge in [0.15, 0.2) is 0 Å². The molecule has 0 aliphatic heterocycles. The van der Waals surface area contributed by atoms with Gasteiger partial charge in [-0.3, -0.25) is 0 Å². The Morgan fingerprint density at radius 2 is 1.53 bits per heavy atom. The first-order chi connectivity index (χ1) is 16.5. The molecule has 0 saturated heterocycles. The Morgan fingerprint density at radius 3 is 2.24 bits per heavy atom. The van der Waals surface area contributed by atoms with Gasteiger partial charge in [0.2, 0.25) is 0 Å². The Hall–Kier alpha value is -2.81. The van der Waals surface area contributed by atoms with Gasteiger partial charge in [-0.15, -0.1) is 0 Å². The third kappa shape index (κ3) is 8.52. The van der Waals surface area contributed by atoms with Gasteiger partial charge in [-0.25, -0.2) is 4.39 Å². The van der Waals surface area contributed by atoms with Gasteiger partial charge in [-0.05, 0) is 59.5 Å². The van der Waals surface area contributed by atoms with Crippen molar-refractivity contribution in [2.24, 2.45) is 0 Å². The van der Waals surface area contributed by atoms with Crippen molar-refractivity contribution in [3.63, 3.8) is 0 Å².